The second-order valence-corrected chi connectivity index (χ2v) is 5.48. The molecule has 0 spiro atoms. The molecular weight excluding hydrogens is 304 g/mol. The topological polar surface area (TPSA) is 50.6 Å². The number of amides is 2. The number of ether oxygens (including phenoxy) is 1. The number of fused-ring (bicyclic) bond motifs is 1. The van der Waals surface area contributed by atoms with Crippen LogP contribution in [0.25, 0.3) is 17.1 Å². The van der Waals surface area contributed by atoms with Crippen molar-refractivity contribution in [2.24, 2.45) is 7.05 Å². The smallest absolute Gasteiger partial charge is 0.330 e. The molecule has 1 aliphatic heterocycles. The van der Waals surface area contributed by atoms with Gasteiger partial charge in [-0.3, -0.25) is 9.80 Å². The van der Waals surface area contributed by atoms with E-state index in [9.17, 15) is 4.79 Å². The van der Waals surface area contributed by atoms with E-state index < -0.39 is 0 Å². The molecule has 0 bridgehead atoms. The molecule has 0 fully saturated rings. The molecule has 0 saturated carbocycles. The van der Waals surface area contributed by atoms with Crippen molar-refractivity contribution in [3.63, 3.8) is 0 Å². The van der Waals surface area contributed by atoms with Gasteiger partial charge >= 0.3 is 6.03 Å². The number of carbonyl (C=O) groups is 1. The van der Waals surface area contributed by atoms with Gasteiger partial charge in [0.05, 0.1) is 19.4 Å². The van der Waals surface area contributed by atoms with Crippen molar-refractivity contribution in [2.75, 3.05) is 25.6 Å². The standard InChI is InChI=1S/C18H18N4O2/c1-6-10-22-12(2)15-17(21(4)18(22)23)19-16(20(15)3)13-8-7-9-14(11-13)24-5/h1,7-9,11H,2,10H2,3-5H3. The maximum Gasteiger partial charge on any atom is 0.330 e. The summed E-state index contributed by atoms with van der Waals surface area (Å²) in [4.78, 5) is 20.1. The molecule has 1 aromatic heterocycles. The van der Waals surface area contributed by atoms with Gasteiger partial charge in [-0.2, -0.15) is 0 Å². The van der Waals surface area contributed by atoms with E-state index >= 15 is 0 Å². The summed E-state index contributed by atoms with van der Waals surface area (Å²) in [5.74, 6) is 4.53. The molecule has 2 heterocycles. The van der Waals surface area contributed by atoms with Crippen LogP contribution < -0.4 is 9.64 Å². The minimum Gasteiger partial charge on any atom is -0.497 e. The SMILES string of the molecule is C#CCN1C(=C)c2c(nc(-c3cccc(OC)c3)n2C)N(C)C1=O. The van der Waals surface area contributed by atoms with Gasteiger partial charge in [0.2, 0.25) is 0 Å². The fourth-order valence-electron chi connectivity index (χ4n) is 2.83. The maximum atomic E-state index is 12.5. The first-order chi connectivity index (χ1) is 11.5. The van der Waals surface area contributed by atoms with Gasteiger partial charge in [-0.25, -0.2) is 9.78 Å². The molecule has 0 radical (unpaired) electrons. The highest BCUT2D eigenvalue weighted by molar-refractivity contribution is 6.03. The molecule has 24 heavy (non-hydrogen) atoms. The summed E-state index contributed by atoms with van der Waals surface area (Å²) in [6.45, 7) is 4.21. The number of terminal acetylenes is 1. The molecule has 6 nitrogen and oxygen atoms in total. The van der Waals surface area contributed by atoms with E-state index in [1.165, 1.54) is 9.80 Å². The van der Waals surface area contributed by atoms with Crippen molar-refractivity contribution < 1.29 is 9.53 Å². The average molecular weight is 322 g/mol. The first-order valence-electron chi connectivity index (χ1n) is 7.38. The molecule has 122 valence electrons. The van der Waals surface area contributed by atoms with Gasteiger partial charge in [0.15, 0.2) is 5.82 Å². The summed E-state index contributed by atoms with van der Waals surface area (Å²) in [6, 6.07) is 7.38. The van der Waals surface area contributed by atoms with Gasteiger partial charge in [-0.1, -0.05) is 24.6 Å². The molecule has 0 N–H and O–H groups in total. The Morgan fingerprint density at radius 1 is 1.38 bits per heavy atom. The fourth-order valence-corrected chi connectivity index (χ4v) is 2.83. The number of hydrogen-bond acceptors (Lipinski definition) is 3. The number of hydrogen-bond donors (Lipinski definition) is 0. The molecule has 0 atom stereocenters. The highest BCUT2D eigenvalue weighted by Gasteiger charge is 2.35. The van der Waals surface area contributed by atoms with Crippen LogP contribution in [0.3, 0.4) is 0 Å². The van der Waals surface area contributed by atoms with Crippen LogP contribution in [0.15, 0.2) is 30.8 Å². The second kappa shape index (κ2) is 5.78. The Morgan fingerprint density at radius 2 is 2.12 bits per heavy atom. The van der Waals surface area contributed by atoms with E-state index in [4.69, 9.17) is 11.2 Å². The van der Waals surface area contributed by atoms with E-state index in [2.05, 4.69) is 17.5 Å². The molecule has 1 aliphatic rings. The minimum absolute atomic E-state index is 0.168. The molecule has 3 rings (SSSR count). The lowest BCUT2D eigenvalue weighted by atomic mass is 10.2. The van der Waals surface area contributed by atoms with Gasteiger partial charge in [0.25, 0.3) is 0 Å². The zero-order chi connectivity index (χ0) is 17.4. The Morgan fingerprint density at radius 3 is 2.79 bits per heavy atom. The third kappa shape index (κ3) is 2.22. The van der Waals surface area contributed by atoms with Crippen LogP contribution in [0.4, 0.5) is 10.6 Å². The summed E-state index contributed by atoms with van der Waals surface area (Å²) < 4.78 is 7.19. The summed E-state index contributed by atoms with van der Waals surface area (Å²) in [5, 5.41) is 0. The normalized spacial score (nSPS) is 13.8. The summed E-state index contributed by atoms with van der Waals surface area (Å²) in [6.07, 6.45) is 5.38. The van der Waals surface area contributed by atoms with Crippen molar-refractivity contribution in [3.05, 3.63) is 36.5 Å². The molecule has 6 heteroatoms. The summed E-state index contributed by atoms with van der Waals surface area (Å²) in [7, 11) is 5.19. The number of urea groups is 1. The predicted octanol–water partition coefficient (Wildman–Crippen LogP) is 2.57. The monoisotopic (exact) mass is 322 g/mol. The van der Waals surface area contributed by atoms with Crippen LogP contribution in [0.1, 0.15) is 5.69 Å². The zero-order valence-corrected chi connectivity index (χ0v) is 13.9. The predicted molar refractivity (Wildman–Crippen MR) is 93.6 cm³/mol. The third-order valence-corrected chi connectivity index (χ3v) is 4.09. The molecule has 2 amide bonds. The largest absolute Gasteiger partial charge is 0.497 e. The first kappa shape index (κ1) is 15.7. The van der Waals surface area contributed by atoms with Crippen LogP contribution in [0, 0.1) is 12.3 Å². The lowest BCUT2D eigenvalue weighted by molar-refractivity contribution is 0.228. The Labute approximate surface area is 141 Å². The van der Waals surface area contributed by atoms with Gasteiger partial charge < -0.3 is 9.30 Å². The van der Waals surface area contributed by atoms with E-state index in [-0.39, 0.29) is 12.6 Å². The average Bonchev–Trinajstić information content (AvgIpc) is 2.94. The van der Waals surface area contributed by atoms with Gasteiger partial charge in [-0.15, -0.1) is 6.42 Å². The van der Waals surface area contributed by atoms with E-state index in [1.54, 1.807) is 14.2 Å². The number of nitrogens with zero attached hydrogens (tertiary/aromatic N) is 4. The van der Waals surface area contributed by atoms with Crippen LogP contribution in [0.2, 0.25) is 0 Å². The Hall–Kier alpha value is -3.20. The third-order valence-electron chi connectivity index (χ3n) is 4.09. The van der Waals surface area contributed by atoms with Crippen molar-refractivity contribution in [1.29, 1.82) is 0 Å². The first-order valence-corrected chi connectivity index (χ1v) is 7.38. The lowest BCUT2D eigenvalue weighted by Gasteiger charge is -2.33. The summed E-state index contributed by atoms with van der Waals surface area (Å²) in [5.41, 5.74) is 2.21. The highest BCUT2D eigenvalue weighted by atomic mass is 16.5. The van der Waals surface area contributed by atoms with Crippen molar-refractivity contribution in [3.8, 4) is 29.5 Å². The van der Waals surface area contributed by atoms with Crippen LogP contribution in [-0.2, 0) is 7.05 Å². The Bertz CT molecular complexity index is 876. The number of methoxy groups -OCH3 is 1. The molecule has 0 aliphatic carbocycles. The highest BCUT2D eigenvalue weighted by Crippen LogP contribution is 2.37. The van der Waals surface area contributed by atoms with Gasteiger partial charge in [-0.05, 0) is 12.1 Å². The Balaban J connectivity index is 2.16. The Kier molecular flexibility index (Phi) is 3.78. The van der Waals surface area contributed by atoms with E-state index in [0.29, 0.717) is 11.5 Å². The van der Waals surface area contributed by atoms with Gasteiger partial charge in [0, 0.05) is 19.7 Å². The molecule has 2 aromatic rings. The molecule has 0 unspecified atom stereocenters. The number of carbonyl (C=O) groups excluding carboxylic acids is 1. The molecule has 0 saturated heterocycles. The zero-order valence-electron chi connectivity index (χ0n) is 13.9. The van der Waals surface area contributed by atoms with E-state index in [1.807, 2.05) is 35.9 Å². The van der Waals surface area contributed by atoms with Gasteiger partial charge in [0.1, 0.15) is 17.3 Å². The number of aromatic nitrogens is 2. The minimum atomic E-state index is -0.235. The second-order valence-electron chi connectivity index (χ2n) is 5.48. The molecule has 1 aromatic carbocycles. The fraction of sp³-hybridized carbons (Fsp3) is 0.222. The number of anilines is 1. The van der Waals surface area contributed by atoms with E-state index in [0.717, 1.165) is 22.8 Å². The van der Waals surface area contributed by atoms with Crippen LogP contribution >= 0.6 is 0 Å². The van der Waals surface area contributed by atoms with Crippen LogP contribution in [-0.4, -0.2) is 41.2 Å². The number of rotatable bonds is 3. The molecular formula is C18H18N4O2. The van der Waals surface area contributed by atoms with Crippen molar-refractivity contribution >= 4 is 17.5 Å². The van der Waals surface area contributed by atoms with Crippen molar-refractivity contribution in [1.82, 2.24) is 14.5 Å². The maximum absolute atomic E-state index is 12.5. The van der Waals surface area contributed by atoms with Crippen molar-refractivity contribution in [2.45, 2.75) is 0 Å². The van der Waals surface area contributed by atoms with Crippen LogP contribution in [0.5, 0.6) is 5.75 Å². The summed E-state index contributed by atoms with van der Waals surface area (Å²) >= 11 is 0. The number of imidazole rings is 1. The quantitative estimate of drug-likeness (QED) is 0.816. The lowest BCUT2D eigenvalue weighted by Crippen LogP contribution is -2.44. The number of benzene rings is 1.